The molecule has 6 heteroatoms. The molecule has 4 rings (SSSR count). The summed E-state index contributed by atoms with van der Waals surface area (Å²) in [6.07, 6.45) is 1.58. The highest BCUT2D eigenvalue weighted by molar-refractivity contribution is 5.97. The summed E-state index contributed by atoms with van der Waals surface area (Å²) in [4.78, 5) is 25.2. The van der Waals surface area contributed by atoms with Gasteiger partial charge in [-0.25, -0.2) is 0 Å². The lowest BCUT2D eigenvalue weighted by Crippen LogP contribution is -2.49. The van der Waals surface area contributed by atoms with Gasteiger partial charge in [-0.2, -0.15) is 0 Å². The van der Waals surface area contributed by atoms with Gasteiger partial charge in [0.1, 0.15) is 0 Å². The number of hydrogen-bond donors (Lipinski definition) is 3. The summed E-state index contributed by atoms with van der Waals surface area (Å²) in [7, 11) is 0. The molecular weight excluding hydrogens is 464 g/mol. The highest BCUT2D eigenvalue weighted by atomic mass is 16.5. The van der Waals surface area contributed by atoms with E-state index >= 15 is 0 Å². The van der Waals surface area contributed by atoms with Gasteiger partial charge in [0.05, 0.1) is 5.54 Å². The fraction of sp³-hybridized carbons (Fsp3) is 0.355. The Hall–Kier alpha value is -3.64. The van der Waals surface area contributed by atoms with Gasteiger partial charge < -0.3 is 20.5 Å². The third kappa shape index (κ3) is 6.57. The van der Waals surface area contributed by atoms with Crippen LogP contribution in [0.1, 0.15) is 63.0 Å². The molecule has 1 saturated heterocycles. The van der Waals surface area contributed by atoms with Gasteiger partial charge in [-0.1, -0.05) is 41.5 Å². The van der Waals surface area contributed by atoms with E-state index in [1.165, 1.54) is 0 Å². The number of aliphatic carboxylic acids is 1. The number of ether oxygens (including phenoxy) is 1. The van der Waals surface area contributed by atoms with Crippen molar-refractivity contribution in [1.29, 1.82) is 0 Å². The number of rotatable bonds is 8. The topological polar surface area (TPSA) is 87.7 Å². The van der Waals surface area contributed by atoms with Crippen molar-refractivity contribution < 1.29 is 19.4 Å². The Morgan fingerprint density at radius 2 is 1.43 bits per heavy atom. The van der Waals surface area contributed by atoms with E-state index in [9.17, 15) is 14.7 Å². The Kier molecular flexibility index (Phi) is 7.98. The van der Waals surface area contributed by atoms with Gasteiger partial charge in [0.2, 0.25) is 0 Å². The van der Waals surface area contributed by atoms with E-state index in [0.29, 0.717) is 37.2 Å². The second-order valence-electron chi connectivity index (χ2n) is 10.3. The van der Waals surface area contributed by atoms with Crippen LogP contribution >= 0.6 is 0 Å². The minimum Gasteiger partial charge on any atom is -0.481 e. The molecule has 194 valence electrons. The Labute approximate surface area is 219 Å². The molecule has 1 aliphatic heterocycles. The van der Waals surface area contributed by atoms with Crippen molar-refractivity contribution in [2.24, 2.45) is 0 Å². The van der Waals surface area contributed by atoms with Crippen molar-refractivity contribution in [3.05, 3.63) is 93.5 Å². The summed E-state index contributed by atoms with van der Waals surface area (Å²) in [5.74, 6) is -1.09. The molecule has 0 saturated carbocycles. The molecular formula is C31H36N2O4. The fourth-order valence-corrected chi connectivity index (χ4v) is 5.28. The molecule has 6 nitrogen and oxygen atoms in total. The van der Waals surface area contributed by atoms with Crippen LogP contribution in [0.25, 0.3) is 0 Å². The third-order valence-corrected chi connectivity index (χ3v) is 6.95. The largest absolute Gasteiger partial charge is 0.481 e. The van der Waals surface area contributed by atoms with E-state index in [-0.39, 0.29) is 18.7 Å². The number of carbonyl (C=O) groups excluding carboxylic acids is 1. The predicted octanol–water partition coefficient (Wildman–Crippen LogP) is 6.12. The van der Waals surface area contributed by atoms with Crippen LogP contribution in [0.5, 0.6) is 0 Å². The first-order chi connectivity index (χ1) is 17.6. The first-order valence-corrected chi connectivity index (χ1v) is 12.8. The van der Waals surface area contributed by atoms with E-state index < -0.39 is 11.5 Å². The van der Waals surface area contributed by atoms with Gasteiger partial charge in [0, 0.05) is 36.6 Å². The van der Waals surface area contributed by atoms with Gasteiger partial charge in [-0.3, -0.25) is 9.59 Å². The van der Waals surface area contributed by atoms with Crippen molar-refractivity contribution in [1.82, 2.24) is 5.32 Å². The molecule has 0 bridgehead atoms. The van der Waals surface area contributed by atoms with Crippen LogP contribution in [0.2, 0.25) is 0 Å². The maximum atomic E-state index is 13.9. The summed E-state index contributed by atoms with van der Waals surface area (Å²) in [5.41, 5.74) is 8.06. The van der Waals surface area contributed by atoms with Crippen LogP contribution in [0, 0.1) is 27.7 Å². The standard InChI is InChI=1S/C31H36N2O4/c1-20-13-21(2)16-25(15-20)31(9-11-37-12-10-31)33-30(36)28-19-26(7-5-24(28)6-8-29(34)35)32-27-17-22(3)14-23(4)18-27/h5,7,13-19,32H,6,8-12H2,1-4H3,(H,33,36)(H,34,35). The number of carboxylic acid groups (broad SMARTS) is 1. The molecule has 3 aromatic rings. The highest BCUT2D eigenvalue weighted by Crippen LogP contribution is 2.34. The number of nitrogens with one attached hydrogen (secondary N) is 2. The van der Waals surface area contributed by atoms with Gasteiger partial charge in [0.25, 0.3) is 5.91 Å². The van der Waals surface area contributed by atoms with Crippen LogP contribution in [-0.4, -0.2) is 30.2 Å². The van der Waals surface area contributed by atoms with E-state index in [2.05, 4.69) is 60.9 Å². The lowest BCUT2D eigenvalue weighted by atomic mass is 9.81. The summed E-state index contributed by atoms with van der Waals surface area (Å²) < 4.78 is 5.66. The molecule has 3 N–H and O–H groups in total. The summed E-state index contributed by atoms with van der Waals surface area (Å²) in [6.45, 7) is 9.36. The zero-order valence-corrected chi connectivity index (χ0v) is 22.1. The minimum absolute atomic E-state index is 0.0415. The van der Waals surface area contributed by atoms with Crippen molar-refractivity contribution >= 4 is 23.3 Å². The normalized spacial score (nSPS) is 14.7. The number of hydrogen-bond acceptors (Lipinski definition) is 4. The number of benzene rings is 3. The van der Waals surface area contributed by atoms with Crippen molar-refractivity contribution in [2.45, 2.75) is 58.9 Å². The quantitative estimate of drug-likeness (QED) is 0.347. The lowest BCUT2D eigenvalue weighted by Gasteiger charge is -2.39. The molecule has 0 unspecified atom stereocenters. The average molecular weight is 501 g/mol. The molecule has 1 fully saturated rings. The van der Waals surface area contributed by atoms with E-state index in [0.717, 1.165) is 39.2 Å². The number of carboxylic acids is 1. The first kappa shape index (κ1) is 26.4. The molecule has 1 heterocycles. The third-order valence-electron chi connectivity index (χ3n) is 6.95. The first-order valence-electron chi connectivity index (χ1n) is 12.8. The van der Waals surface area contributed by atoms with Gasteiger partial charge in [-0.15, -0.1) is 0 Å². The van der Waals surface area contributed by atoms with Crippen LogP contribution in [-0.2, 0) is 21.5 Å². The van der Waals surface area contributed by atoms with Crippen LogP contribution in [0.4, 0.5) is 11.4 Å². The highest BCUT2D eigenvalue weighted by Gasteiger charge is 2.37. The lowest BCUT2D eigenvalue weighted by molar-refractivity contribution is -0.136. The number of anilines is 2. The molecule has 0 aliphatic carbocycles. The van der Waals surface area contributed by atoms with E-state index in [1.54, 1.807) is 0 Å². The maximum Gasteiger partial charge on any atom is 0.303 e. The van der Waals surface area contributed by atoms with Crippen LogP contribution < -0.4 is 10.6 Å². The average Bonchev–Trinajstić information content (AvgIpc) is 2.82. The van der Waals surface area contributed by atoms with Crippen LogP contribution in [0.15, 0.2) is 54.6 Å². The molecule has 0 radical (unpaired) electrons. The number of aryl methyl sites for hydroxylation is 5. The molecule has 37 heavy (non-hydrogen) atoms. The monoisotopic (exact) mass is 500 g/mol. The maximum absolute atomic E-state index is 13.9. The summed E-state index contributed by atoms with van der Waals surface area (Å²) >= 11 is 0. The van der Waals surface area contributed by atoms with Gasteiger partial charge in [0.15, 0.2) is 0 Å². The molecule has 0 spiro atoms. The molecule has 0 atom stereocenters. The Morgan fingerprint density at radius 1 is 0.838 bits per heavy atom. The molecule has 3 aromatic carbocycles. The van der Waals surface area contributed by atoms with E-state index in [4.69, 9.17) is 4.74 Å². The van der Waals surface area contributed by atoms with E-state index in [1.807, 2.05) is 32.0 Å². The molecule has 1 amide bonds. The number of amides is 1. The fourth-order valence-electron chi connectivity index (χ4n) is 5.28. The van der Waals surface area contributed by atoms with Gasteiger partial charge >= 0.3 is 5.97 Å². The zero-order chi connectivity index (χ0) is 26.6. The zero-order valence-electron chi connectivity index (χ0n) is 22.1. The second kappa shape index (κ2) is 11.2. The van der Waals surface area contributed by atoms with Crippen molar-refractivity contribution in [2.75, 3.05) is 18.5 Å². The minimum atomic E-state index is -0.889. The smallest absolute Gasteiger partial charge is 0.303 e. The van der Waals surface area contributed by atoms with Crippen LogP contribution in [0.3, 0.4) is 0 Å². The van der Waals surface area contributed by atoms with Crippen molar-refractivity contribution in [3.8, 4) is 0 Å². The Balaban J connectivity index is 1.70. The summed E-state index contributed by atoms with van der Waals surface area (Å²) in [5, 5.41) is 16.1. The SMILES string of the molecule is Cc1cc(C)cc(Nc2ccc(CCC(=O)O)c(C(=O)NC3(c4cc(C)cc(C)c4)CCOCC3)c2)c1. The van der Waals surface area contributed by atoms with Gasteiger partial charge in [-0.05, 0) is 93.5 Å². The van der Waals surface area contributed by atoms with Crippen molar-refractivity contribution in [3.63, 3.8) is 0 Å². The molecule has 0 aromatic heterocycles. The predicted molar refractivity (Wildman–Crippen MR) is 147 cm³/mol. The number of carbonyl (C=O) groups is 2. The Morgan fingerprint density at radius 3 is 2.03 bits per heavy atom. The Bertz CT molecular complexity index is 1270. The summed E-state index contributed by atoms with van der Waals surface area (Å²) in [6, 6.07) is 18.2. The second-order valence-corrected chi connectivity index (χ2v) is 10.3. The molecule has 1 aliphatic rings.